The number of thioether (sulfide) groups is 1. The van der Waals surface area contributed by atoms with Crippen molar-refractivity contribution in [2.24, 2.45) is 13.0 Å². The van der Waals surface area contributed by atoms with Crippen LogP contribution in [0.4, 0.5) is 5.95 Å². The van der Waals surface area contributed by atoms with Crippen molar-refractivity contribution in [1.29, 1.82) is 0 Å². The van der Waals surface area contributed by atoms with E-state index in [1.807, 2.05) is 11.6 Å². The fraction of sp³-hybridized carbons (Fsp3) is 0.727. The summed E-state index contributed by atoms with van der Waals surface area (Å²) in [5.74, 6) is 0.796. The molecule has 0 unspecified atom stereocenters. The van der Waals surface area contributed by atoms with Crippen LogP contribution in [0.1, 0.15) is 19.8 Å². The summed E-state index contributed by atoms with van der Waals surface area (Å²) in [6.07, 6.45) is 2.34. The van der Waals surface area contributed by atoms with Crippen LogP contribution in [0.15, 0.2) is 5.16 Å². The van der Waals surface area contributed by atoms with Crippen LogP contribution in [0.5, 0.6) is 0 Å². The van der Waals surface area contributed by atoms with E-state index in [-0.39, 0.29) is 5.75 Å². The van der Waals surface area contributed by atoms with Crippen molar-refractivity contribution >= 4 is 23.7 Å². The molecule has 2 rings (SSSR count). The summed E-state index contributed by atoms with van der Waals surface area (Å²) in [7, 11) is 1.89. The number of aliphatic carboxylic acids is 1. The SMILES string of the molecule is CC1CCN(c2nnc(SCC(=O)O)n2C)CC1. The van der Waals surface area contributed by atoms with E-state index in [9.17, 15) is 4.79 Å². The van der Waals surface area contributed by atoms with Crippen LogP contribution in [0.3, 0.4) is 0 Å². The van der Waals surface area contributed by atoms with E-state index >= 15 is 0 Å². The summed E-state index contributed by atoms with van der Waals surface area (Å²) in [4.78, 5) is 12.8. The molecule has 1 aliphatic heterocycles. The highest BCUT2D eigenvalue weighted by Crippen LogP contribution is 2.24. The predicted molar refractivity (Wildman–Crippen MR) is 70.0 cm³/mol. The van der Waals surface area contributed by atoms with Gasteiger partial charge in [-0.1, -0.05) is 18.7 Å². The molecule has 7 heteroatoms. The Hall–Kier alpha value is -1.24. The molecule has 0 atom stereocenters. The number of nitrogens with zero attached hydrogens (tertiary/aromatic N) is 4. The molecule has 0 saturated carbocycles. The minimum Gasteiger partial charge on any atom is -0.481 e. The molecular weight excluding hydrogens is 252 g/mol. The van der Waals surface area contributed by atoms with Gasteiger partial charge in [0, 0.05) is 20.1 Å². The molecule has 1 saturated heterocycles. The lowest BCUT2D eigenvalue weighted by Gasteiger charge is -2.30. The number of aromatic nitrogens is 3. The molecule has 0 aliphatic carbocycles. The van der Waals surface area contributed by atoms with Crippen LogP contribution < -0.4 is 4.90 Å². The zero-order chi connectivity index (χ0) is 13.1. The van der Waals surface area contributed by atoms with Gasteiger partial charge >= 0.3 is 5.97 Å². The van der Waals surface area contributed by atoms with Gasteiger partial charge in [0.15, 0.2) is 5.16 Å². The largest absolute Gasteiger partial charge is 0.481 e. The molecule has 1 aliphatic rings. The van der Waals surface area contributed by atoms with Gasteiger partial charge in [-0.05, 0) is 18.8 Å². The van der Waals surface area contributed by atoms with Gasteiger partial charge in [0.1, 0.15) is 0 Å². The number of hydrogen-bond donors (Lipinski definition) is 1. The van der Waals surface area contributed by atoms with Crippen molar-refractivity contribution in [3.8, 4) is 0 Å². The van der Waals surface area contributed by atoms with E-state index in [1.165, 1.54) is 24.6 Å². The standard InChI is InChI=1S/C11H18N4O2S/c1-8-3-5-15(6-4-8)10-12-13-11(14(10)2)18-7-9(16)17/h8H,3-7H2,1-2H3,(H,16,17). The summed E-state index contributed by atoms with van der Waals surface area (Å²) in [6.45, 7) is 4.26. The average molecular weight is 270 g/mol. The minimum atomic E-state index is -0.837. The lowest BCUT2D eigenvalue weighted by molar-refractivity contribution is -0.133. The molecule has 1 aromatic rings. The normalized spacial score (nSPS) is 17.1. The average Bonchev–Trinajstić information content (AvgIpc) is 2.69. The first kappa shape index (κ1) is 13.2. The van der Waals surface area contributed by atoms with E-state index < -0.39 is 5.97 Å². The number of piperidine rings is 1. The zero-order valence-electron chi connectivity index (χ0n) is 10.7. The fourth-order valence-corrected chi connectivity index (χ4v) is 2.67. The molecule has 6 nitrogen and oxygen atoms in total. The molecule has 0 aromatic carbocycles. The van der Waals surface area contributed by atoms with Gasteiger partial charge in [0.05, 0.1) is 5.75 Å². The molecule has 0 bridgehead atoms. The first-order valence-electron chi connectivity index (χ1n) is 6.07. The molecule has 100 valence electrons. The van der Waals surface area contributed by atoms with Gasteiger partial charge in [-0.15, -0.1) is 10.2 Å². The molecule has 18 heavy (non-hydrogen) atoms. The van der Waals surface area contributed by atoms with E-state index in [4.69, 9.17) is 5.11 Å². The van der Waals surface area contributed by atoms with Crippen LogP contribution in [0.25, 0.3) is 0 Å². The third-order valence-electron chi connectivity index (χ3n) is 3.20. The number of carboxylic acids is 1. The summed E-state index contributed by atoms with van der Waals surface area (Å²) in [6, 6.07) is 0. The minimum absolute atomic E-state index is 0.0169. The maximum absolute atomic E-state index is 10.5. The topological polar surface area (TPSA) is 71.2 Å². The van der Waals surface area contributed by atoms with E-state index in [0.29, 0.717) is 5.16 Å². The number of carboxylic acid groups (broad SMARTS) is 1. The molecular formula is C11H18N4O2S. The number of carbonyl (C=O) groups is 1. The van der Waals surface area contributed by atoms with Crippen molar-refractivity contribution in [3.05, 3.63) is 0 Å². The summed E-state index contributed by atoms with van der Waals surface area (Å²) in [5.41, 5.74) is 0. The number of hydrogen-bond acceptors (Lipinski definition) is 5. The number of rotatable bonds is 4. The van der Waals surface area contributed by atoms with Crippen LogP contribution in [-0.4, -0.2) is 44.7 Å². The Morgan fingerprint density at radius 1 is 1.44 bits per heavy atom. The van der Waals surface area contributed by atoms with Gasteiger partial charge in [0.25, 0.3) is 0 Å². The molecule has 0 amide bonds. The number of anilines is 1. The van der Waals surface area contributed by atoms with Crippen molar-refractivity contribution < 1.29 is 9.90 Å². The van der Waals surface area contributed by atoms with E-state index in [1.54, 1.807) is 0 Å². The van der Waals surface area contributed by atoms with Crippen LogP contribution >= 0.6 is 11.8 Å². The van der Waals surface area contributed by atoms with Gasteiger partial charge in [-0.3, -0.25) is 9.36 Å². The van der Waals surface area contributed by atoms with Crippen molar-refractivity contribution in [2.45, 2.75) is 24.9 Å². The lowest BCUT2D eigenvalue weighted by atomic mass is 10.00. The first-order valence-corrected chi connectivity index (χ1v) is 7.05. The fourth-order valence-electron chi connectivity index (χ4n) is 2.04. The Morgan fingerprint density at radius 2 is 2.11 bits per heavy atom. The highest BCUT2D eigenvalue weighted by atomic mass is 32.2. The lowest BCUT2D eigenvalue weighted by Crippen LogP contribution is -2.34. The van der Waals surface area contributed by atoms with Gasteiger partial charge in [-0.2, -0.15) is 0 Å². The highest BCUT2D eigenvalue weighted by Gasteiger charge is 2.21. The second kappa shape index (κ2) is 5.60. The first-order chi connectivity index (χ1) is 8.58. The Labute approximate surface area is 110 Å². The monoisotopic (exact) mass is 270 g/mol. The quantitative estimate of drug-likeness (QED) is 0.830. The van der Waals surface area contributed by atoms with Crippen molar-refractivity contribution in [2.75, 3.05) is 23.7 Å². The molecule has 1 N–H and O–H groups in total. The third kappa shape index (κ3) is 2.95. The second-order valence-corrected chi connectivity index (χ2v) is 5.64. The van der Waals surface area contributed by atoms with Crippen molar-refractivity contribution in [3.63, 3.8) is 0 Å². The molecule has 0 spiro atoms. The maximum Gasteiger partial charge on any atom is 0.313 e. The summed E-state index contributed by atoms with van der Waals surface area (Å²) < 4.78 is 1.88. The van der Waals surface area contributed by atoms with Crippen molar-refractivity contribution in [1.82, 2.24) is 14.8 Å². The second-order valence-electron chi connectivity index (χ2n) is 4.69. The van der Waals surface area contributed by atoms with Crippen LogP contribution in [0, 0.1) is 5.92 Å². The predicted octanol–water partition coefficient (Wildman–Crippen LogP) is 1.23. The maximum atomic E-state index is 10.5. The summed E-state index contributed by atoms with van der Waals surface area (Å²) >= 11 is 1.20. The molecule has 0 radical (unpaired) electrons. The Balaban J connectivity index is 2.03. The van der Waals surface area contributed by atoms with Crippen LogP contribution in [-0.2, 0) is 11.8 Å². The third-order valence-corrected chi connectivity index (χ3v) is 4.21. The van der Waals surface area contributed by atoms with Gasteiger partial charge in [0.2, 0.25) is 5.95 Å². The molecule has 1 aromatic heterocycles. The Bertz CT molecular complexity index is 427. The Kier molecular flexibility index (Phi) is 4.11. The van der Waals surface area contributed by atoms with Gasteiger partial charge < -0.3 is 10.0 Å². The molecule has 1 fully saturated rings. The summed E-state index contributed by atoms with van der Waals surface area (Å²) in [5, 5.41) is 17.5. The van der Waals surface area contributed by atoms with Gasteiger partial charge in [-0.25, -0.2) is 0 Å². The van der Waals surface area contributed by atoms with E-state index in [2.05, 4.69) is 22.0 Å². The van der Waals surface area contributed by atoms with Crippen LogP contribution in [0.2, 0.25) is 0 Å². The zero-order valence-corrected chi connectivity index (χ0v) is 11.5. The smallest absolute Gasteiger partial charge is 0.313 e. The molecule has 2 heterocycles. The highest BCUT2D eigenvalue weighted by molar-refractivity contribution is 7.99. The van der Waals surface area contributed by atoms with E-state index in [0.717, 1.165) is 25.0 Å². The Morgan fingerprint density at radius 3 is 2.72 bits per heavy atom.